The minimum absolute atomic E-state index is 0.145. The largest absolute Gasteiger partial charge is 0.508 e. The van der Waals surface area contributed by atoms with E-state index < -0.39 is 0 Å². The van der Waals surface area contributed by atoms with Crippen molar-refractivity contribution >= 4 is 17.2 Å². The van der Waals surface area contributed by atoms with Crippen LogP contribution in [0.3, 0.4) is 0 Å². The number of nitrogens with one attached hydrogen (secondary N) is 1. The Morgan fingerprint density at radius 3 is 2.67 bits per heavy atom. The van der Waals surface area contributed by atoms with Gasteiger partial charge in [-0.2, -0.15) is 9.49 Å². The van der Waals surface area contributed by atoms with Crippen LogP contribution >= 0.6 is 0 Å². The second kappa shape index (κ2) is 12.6. The summed E-state index contributed by atoms with van der Waals surface area (Å²) >= 11 is 0. The van der Waals surface area contributed by atoms with Crippen LogP contribution in [-0.2, 0) is 6.54 Å². The number of phenolic OH excluding ortho intramolecular Hbond substituents is 1. The quantitative estimate of drug-likeness (QED) is 0.314. The van der Waals surface area contributed by atoms with Gasteiger partial charge in [-0.25, -0.2) is 14.5 Å². The van der Waals surface area contributed by atoms with Crippen molar-refractivity contribution in [2.75, 3.05) is 76.3 Å². The number of rotatable bonds is 9. The van der Waals surface area contributed by atoms with E-state index in [2.05, 4.69) is 30.0 Å². The fraction of sp³-hybridized carbons (Fsp3) is 0.452. The third-order valence-electron chi connectivity index (χ3n) is 8.24. The van der Waals surface area contributed by atoms with Crippen molar-refractivity contribution in [2.45, 2.75) is 25.4 Å². The van der Waals surface area contributed by atoms with Crippen molar-refractivity contribution in [1.29, 1.82) is 0 Å². The lowest BCUT2D eigenvalue weighted by atomic mass is 10.1. The monoisotopic (exact) mass is 573 g/mol. The highest BCUT2D eigenvalue weighted by Crippen LogP contribution is 2.33. The zero-order chi connectivity index (χ0) is 29.1. The van der Waals surface area contributed by atoms with Crippen molar-refractivity contribution in [3.05, 3.63) is 66.2 Å². The molecule has 42 heavy (non-hydrogen) atoms. The topological polar surface area (TPSA) is 88.3 Å². The molecule has 0 amide bonds. The molecule has 2 N–H and O–H groups in total. The summed E-state index contributed by atoms with van der Waals surface area (Å²) in [6.07, 6.45) is 5.70. The number of likely N-dealkylation sites (N-methyl/N-ethyl adjacent to an activating group) is 1. The third-order valence-corrected chi connectivity index (χ3v) is 8.24. The summed E-state index contributed by atoms with van der Waals surface area (Å²) in [5.41, 5.74) is 2.73. The molecule has 2 saturated heterocycles. The van der Waals surface area contributed by atoms with Gasteiger partial charge in [0.2, 0.25) is 5.82 Å². The molecule has 0 radical (unpaired) electrons. The molecule has 11 heteroatoms. The number of halogens is 1. The molecule has 5 heterocycles. The molecule has 2 aliphatic heterocycles. The van der Waals surface area contributed by atoms with Crippen LogP contribution in [-0.4, -0.2) is 107 Å². The van der Waals surface area contributed by atoms with Gasteiger partial charge in [-0.1, -0.05) is 18.2 Å². The van der Waals surface area contributed by atoms with Crippen LogP contribution in [0.4, 0.5) is 16.0 Å². The maximum atomic E-state index is 16.7. The molecule has 0 saturated carbocycles. The van der Waals surface area contributed by atoms with E-state index in [1.165, 1.54) is 0 Å². The average molecular weight is 574 g/mol. The predicted octanol–water partition coefficient (Wildman–Crippen LogP) is 3.08. The summed E-state index contributed by atoms with van der Waals surface area (Å²) in [6, 6.07) is 13.4. The molecule has 1 atom stereocenters. The van der Waals surface area contributed by atoms with Gasteiger partial charge in [-0.05, 0) is 63.3 Å². The number of hydrogen-bond donors (Lipinski definition) is 2. The maximum Gasteiger partial charge on any atom is 0.208 e. The third kappa shape index (κ3) is 6.18. The molecule has 6 rings (SSSR count). The van der Waals surface area contributed by atoms with Crippen molar-refractivity contribution in [3.8, 4) is 17.1 Å². The second-order valence-electron chi connectivity index (χ2n) is 11.5. The van der Waals surface area contributed by atoms with Gasteiger partial charge >= 0.3 is 0 Å². The summed E-state index contributed by atoms with van der Waals surface area (Å²) in [5, 5.41) is 17.9. The number of nitrogens with zero attached hydrogens (tertiary/aromatic N) is 8. The maximum absolute atomic E-state index is 16.7. The highest BCUT2D eigenvalue weighted by Gasteiger charge is 2.31. The first kappa shape index (κ1) is 28.3. The van der Waals surface area contributed by atoms with Crippen molar-refractivity contribution in [2.24, 2.45) is 0 Å². The van der Waals surface area contributed by atoms with E-state index in [4.69, 9.17) is 9.97 Å². The predicted molar refractivity (Wildman–Crippen MR) is 164 cm³/mol. The second-order valence-corrected chi connectivity index (χ2v) is 11.5. The number of aromatic hydroxyl groups is 1. The number of aromatic nitrogens is 4. The summed E-state index contributed by atoms with van der Waals surface area (Å²) < 4.78 is 18.5. The number of anilines is 2. The van der Waals surface area contributed by atoms with E-state index in [1.807, 2.05) is 50.6 Å². The summed E-state index contributed by atoms with van der Waals surface area (Å²) in [6.45, 7) is 6.77. The van der Waals surface area contributed by atoms with Gasteiger partial charge in [-0.3, -0.25) is 4.90 Å². The van der Waals surface area contributed by atoms with Crippen molar-refractivity contribution < 1.29 is 9.50 Å². The Labute approximate surface area is 246 Å². The van der Waals surface area contributed by atoms with E-state index in [0.717, 1.165) is 68.8 Å². The molecule has 0 unspecified atom stereocenters. The van der Waals surface area contributed by atoms with E-state index in [1.54, 1.807) is 22.8 Å². The fourth-order valence-corrected chi connectivity index (χ4v) is 5.95. The number of hydrogen-bond acceptors (Lipinski definition) is 9. The van der Waals surface area contributed by atoms with Crippen LogP contribution in [0.2, 0.25) is 0 Å². The van der Waals surface area contributed by atoms with Gasteiger partial charge in [0.05, 0.1) is 17.3 Å². The Bertz CT molecular complexity index is 1500. The Balaban J connectivity index is 1.35. The molecule has 2 aliphatic rings. The minimum Gasteiger partial charge on any atom is -0.508 e. The van der Waals surface area contributed by atoms with Crippen LogP contribution in [0.1, 0.15) is 18.4 Å². The SMILES string of the molecule is CN(C)CCN(c1nc(-c2cnn3ccccc23)nc(N2CCN(Cc3cccc(O)c3)CC2)c1F)[C@@H]1CCCNC1. The van der Waals surface area contributed by atoms with Gasteiger partial charge in [0, 0.05) is 64.6 Å². The molecular formula is C31H40FN9O. The van der Waals surface area contributed by atoms with Crippen LogP contribution in [0.15, 0.2) is 54.9 Å². The first-order chi connectivity index (χ1) is 20.5. The Morgan fingerprint density at radius 2 is 1.90 bits per heavy atom. The number of piperidine rings is 1. The summed E-state index contributed by atoms with van der Waals surface area (Å²) in [7, 11) is 4.08. The zero-order valence-corrected chi connectivity index (χ0v) is 24.5. The lowest BCUT2D eigenvalue weighted by Gasteiger charge is -2.38. The van der Waals surface area contributed by atoms with Gasteiger partial charge in [0.1, 0.15) is 5.75 Å². The van der Waals surface area contributed by atoms with E-state index in [-0.39, 0.29) is 17.6 Å². The lowest BCUT2D eigenvalue weighted by Crippen LogP contribution is -2.49. The number of fused-ring (bicyclic) bond motifs is 1. The highest BCUT2D eigenvalue weighted by molar-refractivity contribution is 5.77. The van der Waals surface area contributed by atoms with E-state index in [0.29, 0.717) is 37.1 Å². The molecule has 222 valence electrons. The standard InChI is InChI=1S/C31H40FN9O/c1-37(2)13-18-40(24-8-6-11-33-20-24)31-28(32)30(35-29(36-31)26-21-34-41-12-4-3-10-27(26)41)39-16-14-38(15-17-39)22-23-7-5-9-25(42)19-23/h3-5,7,9-10,12,19,21,24,33,42H,6,8,11,13-18,20,22H2,1-2H3/t24-/m1/s1. The Hall–Kier alpha value is -3.80. The van der Waals surface area contributed by atoms with Crippen LogP contribution < -0.4 is 15.1 Å². The number of benzene rings is 1. The molecule has 3 aromatic heterocycles. The molecule has 2 fully saturated rings. The minimum atomic E-state index is -0.360. The van der Waals surface area contributed by atoms with Crippen molar-refractivity contribution in [3.63, 3.8) is 0 Å². The van der Waals surface area contributed by atoms with Gasteiger partial charge in [0.25, 0.3) is 0 Å². The molecule has 10 nitrogen and oxygen atoms in total. The van der Waals surface area contributed by atoms with Crippen LogP contribution in [0.5, 0.6) is 5.75 Å². The molecule has 4 aromatic rings. The molecule has 0 bridgehead atoms. The first-order valence-corrected chi connectivity index (χ1v) is 14.8. The first-order valence-electron chi connectivity index (χ1n) is 14.8. The fourth-order valence-electron chi connectivity index (χ4n) is 5.95. The van der Waals surface area contributed by atoms with Gasteiger partial charge in [-0.15, -0.1) is 0 Å². The summed E-state index contributed by atoms with van der Waals surface area (Å²) in [5.74, 6) is 1.11. The highest BCUT2D eigenvalue weighted by atomic mass is 19.1. The Kier molecular flexibility index (Phi) is 8.50. The van der Waals surface area contributed by atoms with Crippen LogP contribution in [0, 0.1) is 5.82 Å². The smallest absolute Gasteiger partial charge is 0.208 e. The number of piperazine rings is 1. The average Bonchev–Trinajstić information content (AvgIpc) is 3.43. The molecular weight excluding hydrogens is 533 g/mol. The molecule has 0 aliphatic carbocycles. The summed E-state index contributed by atoms with van der Waals surface area (Å²) in [4.78, 5) is 18.5. The van der Waals surface area contributed by atoms with Crippen LogP contribution in [0.25, 0.3) is 16.9 Å². The van der Waals surface area contributed by atoms with E-state index in [9.17, 15) is 5.11 Å². The lowest BCUT2D eigenvalue weighted by molar-refractivity contribution is 0.248. The number of pyridine rings is 1. The van der Waals surface area contributed by atoms with Gasteiger partial charge < -0.3 is 25.1 Å². The van der Waals surface area contributed by atoms with Crippen molar-refractivity contribution in [1.82, 2.24) is 34.7 Å². The Morgan fingerprint density at radius 1 is 1.05 bits per heavy atom. The normalized spacial score (nSPS) is 18.2. The van der Waals surface area contributed by atoms with E-state index >= 15 is 4.39 Å². The van der Waals surface area contributed by atoms with Gasteiger partial charge in [0.15, 0.2) is 17.5 Å². The molecule has 1 aromatic carbocycles. The number of phenols is 1. The zero-order valence-electron chi connectivity index (χ0n) is 24.5. The molecule has 0 spiro atoms.